The van der Waals surface area contributed by atoms with Crippen molar-refractivity contribution in [3.8, 4) is 0 Å². The second-order valence-electron chi connectivity index (χ2n) is 2.58. The molecule has 0 aromatic rings. The molecule has 0 saturated heterocycles. The van der Waals surface area contributed by atoms with E-state index in [1.165, 1.54) is 31.4 Å². The third-order valence-electron chi connectivity index (χ3n) is 1.37. The number of amides is 2. The summed E-state index contributed by atoms with van der Waals surface area (Å²) in [6.07, 6.45) is 6.12. The van der Waals surface area contributed by atoms with Crippen molar-refractivity contribution < 1.29 is 9.59 Å². The summed E-state index contributed by atoms with van der Waals surface area (Å²) in [6.45, 7) is 2.17. The Kier molecular flexibility index (Phi) is 7.30. The molecule has 0 radical (unpaired) electrons. The smallest absolute Gasteiger partial charge is 0.250 e. The van der Waals surface area contributed by atoms with E-state index in [4.69, 9.17) is 11.6 Å². The Morgan fingerprint density at radius 1 is 1.23 bits per heavy atom. The Hall–Kier alpha value is -0.830. The van der Waals surface area contributed by atoms with Crippen molar-refractivity contribution in [2.45, 2.75) is 26.2 Å². The number of hydrogen-bond donors (Lipinski definition) is 1. The molecule has 1 aliphatic rings. The first kappa shape index (κ1) is 12.2. The number of unbranched alkanes of at least 4 members (excludes halogenated alkanes) is 2. The average molecular weight is 204 g/mol. The monoisotopic (exact) mass is 203 g/mol. The molecule has 0 bridgehead atoms. The predicted octanol–water partition coefficient (Wildman–Crippen LogP) is 1.61. The van der Waals surface area contributed by atoms with Gasteiger partial charge in [0.25, 0.3) is 11.8 Å². The molecule has 0 aromatic heterocycles. The maximum Gasteiger partial charge on any atom is 0.250 e. The van der Waals surface area contributed by atoms with Gasteiger partial charge < -0.3 is 0 Å². The molecule has 0 spiro atoms. The van der Waals surface area contributed by atoms with Crippen molar-refractivity contribution in [1.29, 1.82) is 0 Å². The number of carbonyl (C=O) groups excluding carboxylic acids is 2. The zero-order valence-corrected chi connectivity index (χ0v) is 8.43. The van der Waals surface area contributed by atoms with Crippen LogP contribution >= 0.6 is 11.6 Å². The first-order valence-electron chi connectivity index (χ1n) is 4.29. The Labute approximate surface area is 83.1 Å². The Morgan fingerprint density at radius 2 is 1.77 bits per heavy atom. The molecule has 1 heterocycles. The van der Waals surface area contributed by atoms with E-state index < -0.39 is 0 Å². The minimum Gasteiger partial charge on any atom is -0.289 e. The predicted molar refractivity (Wildman–Crippen MR) is 52.5 cm³/mol. The molecule has 0 fully saturated rings. The van der Waals surface area contributed by atoms with E-state index in [1.807, 2.05) is 5.32 Å². The Morgan fingerprint density at radius 3 is 1.92 bits per heavy atom. The lowest BCUT2D eigenvalue weighted by molar-refractivity contribution is -0.123. The van der Waals surface area contributed by atoms with Gasteiger partial charge in [0.1, 0.15) is 0 Å². The summed E-state index contributed by atoms with van der Waals surface area (Å²) in [6, 6.07) is 0. The quantitative estimate of drug-likeness (QED) is 0.431. The SMILES string of the molecule is CCCCCCl.O=C1C=CC(=O)N1. The van der Waals surface area contributed by atoms with Gasteiger partial charge in [-0.1, -0.05) is 19.8 Å². The molecule has 0 aromatic carbocycles. The summed E-state index contributed by atoms with van der Waals surface area (Å²) < 4.78 is 0. The van der Waals surface area contributed by atoms with E-state index in [0.29, 0.717) is 0 Å². The van der Waals surface area contributed by atoms with E-state index in [1.54, 1.807) is 0 Å². The zero-order valence-electron chi connectivity index (χ0n) is 7.68. The number of imide groups is 1. The lowest BCUT2D eigenvalue weighted by Crippen LogP contribution is -2.19. The molecule has 0 atom stereocenters. The van der Waals surface area contributed by atoms with Gasteiger partial charge in [-0.2, -0.15) is 0 Å². The Bertz CT molecular complexity index is 182. The molecule has 4 heteroatoms. The summed E-state index contributed by atoms with van der Waals surface area (Å²) in [5.74, 6) is 0.170. The normalized spacial score (nSPS) is 13.7. The number of nitrogens with one attached hydrogen (secondary N) is 1. The molecular weight excluding hydrogens is 190 g/mol. The van der Waals surface area contributed by atoms with Gasteiger partial charge in [0.2, 0.25) is 0 Å². The molecule has 2 amide bonds. The first-order chi connectivity index (χ1) is 6.20. The van der Waals surface area contributed by atoms with E-state index in [9.17, 15) is 9.59 Å². The lowest BCUT2D eigenvalue weighted by atomic mass is 10.3. The van der Waals surface area contributed by atoms with Crippen molar-refractivity contribution in [3.63, 3.8) is 0 Å². The van der Waals surface area contributed by atoms with Crippen molar-refractivity contribution in [3.05, 3.63) is 12.2 Å². The average Bonchev–Trinajstić information content (AvgIpc) is 2.47. The standard InChI is InChI=1S/C5H11Cl.C4H3NO2/c1-2-3-4-5-6;6-3-1-2-4(7)5-3/h2-5H2,1H3;1-2H,(H,5,6,7). The molecule has 0 unspecified atom stereocenters. The van der Waals surface area contributed by atoms with Crippen LogP contribution in [0.4, 0.5) is 0 Å². The van der Waals surface area contributed by atoms with Gasteiger partial charge in [0, 0.05) is 18.0 Å². The molecule has 13 heavy (non-hydrogen) atoms. The summed E-state index contributed by atoms with van der Waals surface area (Å²) >= 11 is 5.38. The van der Waals surface area contributed by atoms with Gasteiger partial charge >= 0.3 is 0 Å². The van der Waals surface area contributed by atoms with Crippen LogP contribution in [0.1, 0.15) is 26.2 Å². The van der Waals surface area contributed by atoms with Crippen molar-refractivity contribution >= 4 is 23.4 Å². The molecular formula is C9H14ClNO2. The molecule has 3 nitrogen and oxygen atoms in total. The molecule has 0 saturated carbocycles. The molecule has 1 aliphatic heterocycles. The fraction of sp³-hybridized carbons (Fsp3) is 0.556. The highest BCUT2D eigenvalue weighted by Crippen LogP contribution is 1.93. The molecule has 74 valence electrons. The number of hydrogen-bond acceptors (Lipinski definition) is 2. The summed E-state index contributed by atoms with van der Waals surface area (Å²) in [5.41, 5.74) is 0. The van der Waals surface area contributed by atoms with Gasteiger partial charge in [-0.05, 0) is 6.42 Å². The van der Waals surface area contributed by atoms with Gasteiger partial charge in [0.15, 0.2) is 0 Å². The van der Waals surface area contributed by atoms with E-state index in [2.05, 4.69) is 6.92 Å². The van der Waals surface area contributed by atoms with Crippen LogP contribution < -0.4 is 5.32 Å². The van der Waals surface area contributed by atoms with Crippen molar-refractivity contribution in [2.75, 3.05) is 5.88 Å². The van der Waals surface area contributed by atoms with E-state index in [0.717, 1.165) is 5.88 Å². The summed E-state index contributed by atoms with van der Waals surface area (Å²) in [5, 5.41) is 2.03. The van der Waals surface area contributed by atoms with Gasteiger partial charge in [-0.3, -0.25) is 14.9 Å². The van der Waals surface area contributed by atoms with Crippen LogP contribution in [0.2, 0.25) is 0 Å². The van der Waals surface area contributed by atoms with Crippen molar-refractivity contribution in [1.82, 2.24) is 5.32 Å². The summed E-state index contributed by atoms with van der Waals surface area (Å²) in [4.78, 5) is 20.1. The third-order valence-corrected chi connectivity index (χ3v) is 1.64. The second-order valence-corrected chi connectivity index (χ2v) is 2.96. The van der Waals surface area contributed by atoms with Crippen LogP contribution in [0.5, 0.6) is 0 Å². The Balaban J connectivity index is 0.000000226. The highest BCUT2D eigenvalue weighted by Gasteiger charge is 2.06. The highest BCUT2D eigenvalue weighted by molar-refractivity contribution is 6.17. The van der Waals surface area contributed by atoms with Gasteiger partial charge in [0.05, 0.1) is 0 Å². The zero-order chi connectivity index (χ0) is 10.1. The minimum absolute atomic E-state index is 0.329. The van der Waals surface area contributed by atoms with E-state index in [-0.39, 0.29) is 11.8 Å². The fourth-order valence-corrected chi connectivity index (χ4v) is 0.890. The maximum atomic E-state index is 10.0. The number of rotatable bonds is 3. The van der Waals surface area contributed by atoms with Crippen LogP contribution in [-0.4, -0.2) is 17.7 Å². The lowest BCUT2D eigenvalue weighted by Gasteiger charge is -1.84. The number of alkyl halides is 1. The molecule has 1 rings (SSSR count). The summed E-state index contributed by atoms with van der Waals surface area (Å²) in [7, 11) is 0. The second kappa shape index (κ2) is 7.80. The van der Waals surface area contributed by atoms with Crippen LogP contribution in [0, 0.1) is 0 Å². The third kappa shape index (κ3) is 7.53. The number of halogens is 1. The first-order valence-corrected chi connectivity index (χ1v) is 4.83. The van der Waals surface area contributed by atoms with Crippen LogP contribution in [0.3, 0.4) is 0 Å². The van der Waals surface area contributed by atoms with Crippen LogP contribution in [0.25, 0.3) is 0 Å². The number of carbonyl (C=O) groups is 2. The van der Waals surface area contributed by atoms with Gasteiger partial charge in [-0.25, -0.2) is 0 Å². The fourth-order valence-electron chi connectivity index (χ4n) is 0.701. The topological polar surface area (TPSA) is 46.2 Å². The van der Waals surface area contributed by atoms with Gasteiger partial charge in [-0.15, -0.1) is 11.6 Å². The van der Waals surface area contributed by atoms with Crippen LogP contribution in [-0.2, 0) is 9.59 Å². The van der Waals surface area contributed by atoms with Crippen molar-refractivity contribution in [2.24, 2.45) is 0 Å². The highest BCUT2D eigenvalue weighted by atomic mass is 35.5. The minimum atomic E-state index is -0.329. The molecule has 1 N–H and O–H groups in total. The van der Waals surface area contributed by atoms with E-state index >= 15 is 0 Å². The largest absolute Gasteiger partial charge is 0.289 e. The molecule has 0 aliphatic carbocycles. The maximum absolute atomic E-state index is 10.0. The van der Waals surface area contributed by atoms with Crippen LogP contribution in [0.15, 0.2) is 12.2 Å².